The summed E-state index contributed by atoms with van der Waals surface area (Å²) >= 11 is 0. The summed E-state index contributed by atoms with van der Waals surface area (Å²) in [5.74, 6) is -2.02. The predicted octanol–water partition coefficient (Wildman–Crippen LogP) is 0.0953. The van der Waals surface area contributed by atoms with Crippen LogP contribution in [0.2, 0.25) is 0 Å². The second kappa shape index (κ2) is 4.92. The molecule has 0 aliphatic rings. The van der Waals surface area contributed by atoms with Gasteiger partial charge in [-0.25, -0.2) is 9.59 Å². The minimum atomic E-state index is -1.62. The second-order valence-corrected chi connectivity index (χ2v) is 3.72. The van der Waals surface area contributed by atoms with E-state index in [2.05, 4.69) is 4.89 Å². The maximum absolute atomic E-state index is 11.0. The van der Waals surface area contributed by atoms with Crippen molar-refractivity contribution >= 4 is 11.9 Å². The van der Waals surface area contributed by atoms with Crippen LogP contribution in [0, 0.1) is 0 Å². The highest BCUT2D eigenvalue weighted by Gasteiger charge is 2.25. The molecule has 0 aromatic carbocycles. The number of hydrogen-bond donors (Lipinski definition) is 2. The monoisotopic (exact) mass is 206 g/mol. The lowest BCUT2D eigenvalue weighted by atomic mass is 10.2. The molecule has 14 heavy (non-hydrogen) atoms. The van der Waals surface area contributed by atoms with E-state index in [0.717, 1.165) is 0 Å². The van der Waals surface area contributed by atoms with Crippen molar-refractivity contribution < 1.29 is 29.6 Å². The minimum absolute atomic E-state index is 0.634. The maximum Gasteiger partial charge on any atom is 0.345 e. The van der Waals surface area contributed by atoms with E-state index in [4.69, 9.17) is 15.1 Å². The van der Waals surface area contributed by atoms with Gasteiger partial charge in [-0.05, 0) is 20.8 Å². The molecule has 6 nitrogen and oxygen atoms in total. The van der Waals surface area contributed by atoms with Crippen molar-refractivity contribution in [2.75, 3.05) is 0 Å². The molecule has 0 aromatic heterocycles. The molecule has 0 heterocycles. The summed E-state index contributed by atoms with van der Waals surface area (Å²) in [4.78, 5) is 24.8. The molecular weight excluding hydrogens is 192 g/mol. The summed E-state index contributed by atoms with van der Waals surface area (Å²) in [6.45, 7) is 4.88. The van der Waals surface area contributed by atoms with Gasteiger partial charge in [0.15, 0.2) is 6.10 Å². The molecule has 0 spiro atoms. The Morgan fingerprint density at radius 1 is 1.36 bits per heavy atom. The van der Waals surface area contributed by atoms with E-state index in [1.807, 2.05) is 0 Å². The van der Waals surface area contributed by atoms with Crippen molar-refractivity contribution in [2.45, 2.75) is 38.9 Å². The van der Waals surface area contributed by atoms with Gasteiger partial charge in [0.1, 0.15) is 5.60 Å². The number of rotatable bonds is 3. The molecule has 0 radical (unpaired) electrons. The van der Waals surface area contributed by atoms with Crippen molar-refractivity contribution in [3.63, 3.8) is 0 Å². The van der Waals surface area contributed by atoms with Crippen LogP contribution < -0.4 is 0 Å². The van der Waals surface area contributed by atoms with Gasteiger partial charge in [-0.3, -0.25) is 0 Å². The molecule has 0 fully saturated rings. The lowest BCUT2D eigenvalue weighted by molar-refractivity contribution is -0.236. The maximum atomic E-state index is 11.0. The fourth-order valence-electron chi connectivity index (χ4n) is 0.648. The van der Waals surface area contributed by atoms with Gasteiger partial charge >= 0.3 is 11.9 Å². The van der Waals surface area contributed by atoms with Crippen LogP contribution in [0.4, 0.5) is 0 Å². The van der Waals surface area contributed by atoms with E-state index in [1.165, 1.54) is 0 Å². The summed E-state index contributed by atoms with van der Waals surface area (Å²) in [7, 11) is 0. The van der Waals surface area contributed by atoms with Crippen LogP contribution in [-0.2, 0) is 19.2 Å². The topological polar surface area (TPSA) is 93.1 Å². The first-order valence-corrected chi connectivity index (χ1v) is 4.01. The number of aliphatic hydroxyl groups is 1. The van der Waals surface area contributed by atoms with Gasteiger partial charge in [0.05, 0.1) is 6.42 Å². The van der Waals surface area contributed by atoms with Crippen molar-refractivity contribution in [2.24, 2.45) is 0 Å². The zero-order chi connectivity index (χ0) is 11.4. The molecule has 0 amide bonds. The molecule has 0 saturated carbocycles. The van der Waals surface area contributed by atoms with Crippen LogP contribution in [0.3, 0.4) is 0 Å². The third-order valence-corrected chi connectivity index (χ3v) is 1.14. The molecular formula is C8H14O6. The third-order valence-electron chi connectivity index (χ3n) is 1.14. The Morgan fingerprint density at radius 2 is 1.86 bits per heavy atom. The Labute approximate surface area is 81.4 Å². The Balaban J connectivity index is 4.07. The van der Waals surface area contributed by atoms with Crippen molar-refractivity contribution in [3.05, 3.63) is 0 Å². The van der Waals surface area contributed by atoms with E-state index in [-0.39, 0.29) is 0 Å². The van der Waals surface area contributed by atoms with E-state index in [0.29, 0.717) is 0 Å². The Morgan fingerprint density at radius 3 is 2.21 bits per heavy atom. The van der Waals surface area contributed by atoms with Gasteiger partial charge in [0.2, 0.25) is 0 Å². The second-order valence-electron chi connectivity index (χ2n) is 3.72. The van der Waals surface area contributed by atoms with E-state index < -0.39 is 30.1 Å². The number of hydrogen-bond acceptors (Lipinski definition) is 6. The highest BCUT2D eigenvalue weighted by molar-refractivity contribution is 5.81. The molecule has 0 aromatic rings. The largest absolute Gasteiger partial charge is 0.458 e. The molecule has 0 rings (SSSR count). The highest BCUT2D eigenvalue weighted by Crippen LogP contribution is 2.09. The predicted molar refractivity (Wildman–Crippen MR) is 45.2 cm³/mol. The highest BCUT2D eigenvalue weighted by atomic mass is 17.1. The minimum Gasteiger partial charge on any atom is -0.458 e. The standard InChI is InChI=1S/C8H14O6/c1-8(2,3)13-7(11)5(9)4-6(10)14-12/h5,9,12H,4H2,1-3H3. The summed E-state index contributed by atoms with van der Waals surface area (Å²) in [6, 6.07) is 0. The first kappa shape index (κ1) is 12.9. The van der Waals surface area contributed by atoms with Gasteiger partial charge in [-0.15, -0.1) is 0 Å². The summed E-state index contributed by atoms with van der Waals surface area (Å²) in [6.07, 6.45) is -2.25. The normalized spacial score (nSPS) is 13.2. The number of aliphatic hydroxyl groups excluding tert-OH is 1. The average Bonchev–Trinajstić information content (AvgIpc) is 2.00. The molecule has 0 aliphatic carbocycles. The Kier molecular flexibility index (Phi) is 4.52. The van der Waals surface area contributed by atoms with Gasteiger partial charge in [0.25, 0.3) is 0 Å². The van der Waals surface area contributed by atoms with Crippen molar-refractivity contribution in [3.8, 4) is 0 Å². The summed E-state index contributed by atoms with van der Waals surface area (Å²) in [5, 5.41) is 17.0. The van der Waals surface area contributed by atoms with Crippen LogP contribution >= 0.6 is 0 Å². The lowest BCUT2D eigenvalue weighted by Gasteiger charge is -2.21. The molecule has 1 unspecified atom stereocenters. The zero-order valence-electron chi connectivity index (χ0n) is 8.31. The first-order valence-electron chi connectivity index (χ1n) is 4.01. The average molecular weight is 206 g/mol. The number of carbonyl (C=O) groups is 2. The lowest BCUT2D eigenvalue weighted by Crippen LogP contribution is -2.33. The van der Waals surface area contributed by atoms with Crippen LogP contribution in [0.25, 0.3) is 0 Å². The third kappa shape index (κ3) is 5.50. The number of ether oxygens (including phenoxy) is 1. The summed E-state index contributed by atoms with van der Waals surface area (Å²) in [5.41, 5.74) is -0.735. The molecule has 82 valence electrons. The summed E-state index contributed by atoms with van der Waals surface area (Å²) < 4.78 is 4.77. The molecule has 1 atom stereocenters. The van der Waals surface area contributed by atoms with Crippen molar-refractivity contribution in [1.82, 2.24) is 0 Å². The van der Waals surface area contributed by atoms with E-state index in [9.17, 15) is 9.59 Å². The smallest absolute Gasteiger partial charge is 0.345 e. The van der Waals surface area contributed by atoms with E-state index >= 15 is 0 Å². The SMILES string of the molecule is CC(C)(C)OC(=O)C(O)CC(=O)OO. The fourth-order valence-corrected chi connectivity index (χ4v) is 0.648. The van der Waals surface area contributed by atoms with Crippen LogP contribution in [-0.4, -0.2) is 34.0 Å². The fraction of sp³-hybridized carbons (Fsp3) is 0.750. The van der Waals surface area contributed by atoms with Gasteiger partial charge in [0, 0.05) is 0 Å². The Hall–Kier alpha value is -1.14. The zero-order valence-corrected chi connectivity index (χ0v) is 8.31. The van der Waals surface area contributed by atoms with Gasteiger partial charge in [-0.1, -0.05) is 0 Å². The number of carbonyl (C=O) groups excluding carboxylic acids is 2. The van der Waals surface area contributed by atoms with Gasteiger partial charge < -0.3 is 14.7 Å². The van der Waals surface area contributed by atoms with Crippen LogP contribution in [0.5, 0.6) is 0 Å². The molecule has 6 heteroatoms. The number of esters is 1. The molecule has 2 N–H and O–H groups in total. The molecule has 0 aliphatic heterocycles. The Bertz CT molecular complexity index is 216. The quantitative estimate of drug-likeness (QED) is 0.386. The van der Waals surface area contributed by atoms with Crippen LogP contribution in [0.1, 0.15) is 27.2 Å². The van der Waals surface area contributed by atoms with Crippen molar-refractivity contribution in [1.29, 1.82) is 0 Å². The molecule has 0 bridgehead atoms. The van der Waals surface area contributed by atoms with Gasteiger partial charge in [-0.2, -0.15) is 5.26 Å². The van der Waals surface area contributed by atoms with E-state index in [1.54, 1.807) is 20.8 Å². The first-order chi connectivity index (χ1) is 6.26. The molecule has 0 saturated heterocycles. The van der Waals surface area contributed by atoms with Crippen LogP contribution in [0.15, 0.2) is 0 Å².